The predicted molar refractivity (Wildman–Crippen MR) is 460 cm³/mol. The molecule has 105 heavy (non-hydrogen) atoms. The largest absolute Gasteiger partial charge is 0.469 e. The Morgan fingerprint density at radius 2 is 0.905 bits per heavy atom. The van der Waals surface area contributed by atoms with Gasteiger partial charge in [-0.2, -0.15) is 0 Å². The summed E-state index contributed by atoms with van der Waals surface area (Å²) in [6.45, 7) is 65.9. The first kappa shape index (κ1) is 141. The number of morpholine rings is 1. The van der Waals surface area contributed by atoms with Crippen LogP contribution in [0.5, 0.6) is 0 Å². The molecular weight excluding hydrogens is 1340 g/mol. The minimum Gasteiger partial charge on any atom is -0.469 e. The summed E-state index contributed by atoms with van der Waals surface area (Å²) in [5.74, 6) is -0.685. The average molecular weight is 1540 g/mol. The zero-order valence-electron chi connectivity index (χ0n) is 67.3. The molecule has 0 radical (unpaired) electrons. The van der Waals surface area contributed by atoms with Gasteiger partial charge in [0.1, 0.15) is 0 Å². The Bertz CT molecular complexity index is 1820. The van der Waals surface area contributed by atoms with Gasteiger partial charge in [0.15, 0.2) is 0 Å². The van der Waals surface area contributed by atoms with Crippen molar-refractivity contribution in [1.29, 1.82) is 0 Å². The maximum absolute atomic E-state index is 11.5. The number of benzene rings is 1. The molecule has 1 saturated heterocycles. The van der Waals surface area contributed by atoms with Crippen LogP contribution in [0.1, 0.15) is 317 Å². The highest BCUT2D eigenvalue weighted by atomic mass is 19.3. The number of aliphatic hydroxyl groups is 9. The van der Waals surface area contributed by atoms with E-state index in [0.29, 0.717) is 25.0 Å². The molecule has 1 unspecified atom stereocenters. The monoisotopic (exact) mass is 1540 g/mol. The Balaban J connectivity index is -0.0000000604. The average Bonchev–Trinajstić information content (AvgIpc) is 0.880. The Labute approximate surface area is 654 Å². The number of hydrogen-bond acceptors (Lipinski definition) is 19. The summed E-state index contributed by atoms with van der Waals surface area (Å²) in [5.41, 5.74) is 1.92. The Kier molecular flexibility index (Phi) is 102. The maximum Gasteiger partial charge on any atom is 0.311 e. The molecule has 0 spiro atoms. The standard InChI is InChI=1S/C13H21NO2.C10H20O3.C8H17NO.C8H19NO.2C8H18O2.2C7H17NO.C6H13F2N.9CH4/c1-13(2,3)14-11(9-15)12(16)10-7-5-4-6-8-10;1-7(11)8(9(12)13-5)6-10(2,3)4;1-8(2,3)9-4-6-10-7-5-9;1-8(2,3)9-6-4-5-7-10;1-8(2,3)4-7(5-9)6-10;1-8(2,3)5-4-7(10)6-9;1-7(2,3)8-5-6-9-4;1-7(2,3)8-5-4-6-9;1-6(2,3)9-4-5(7)8;;;;;;;;;/h4-8,11-12,14-16H,9H2,1-3H3;7-8,11H,6H2,1-5H3;4-7H2,1-3H3;9-10H,4-7H2,1-3H3;2*7,9-10H,4-6H2,1-3H3;8H,5-6H2,1-4H3;8-9H,4-6H2,1-3H3;5,9H,4H2,1-3H3;9*1H4/t11-,12+;7-,8+;;;;;;;;;;;;;;;;/m01................/s1. The molecule has 1 heterocycles. The third-order valence-electron chi connectivity index (χ3n) is 13.1. The number of hydrogen-bond donors (Lipinski definition) is 14. The molecule has 2 rings (SSSR count). The summed E-state index contributed by atoms with van der Waals surface area (Å²) < 4.78 is 37.8. The van der Waals surface area contributed by atoms with Crippen LogP contribution in [-0.4, -0.2) is 228 Å². The van der Waals surface area contributed by atoms with E-state index < -0.39 is 30.7 Å². The van der Waals surface area contributed by atoms with Gasteiger partial charge in [-0.3, -0.25) is 9.69 Å². The number of aliphatic hydroxyl groups excluding tert-OH is 9. The molecule has 1 aromatic carbocycles. The summed E-state index contributed by atoms with van der Waals surface area (Å²) >= 11 is 0. The fourth-order valence-corrected chi connectivity index (χ4v) is 8.06. The normalized spacial score (nSPS) is 13.6. The maximum atomic E-state index is 11.5. The number of carbonyl (C=O) groups is 1. The zero-order chi connectivity index (χ0) is 77.0. The topological polar surface area (TPSA) is 290 Å². The van der Waals surface area contributed by atoms with Gasteiger partial charge in [0.2, 0.25) is 0 Å². The molecule has 0 saturated carbocycles. The van der Waals surface area contributed by atoms with E-state index in [9.17, 15) is 28.9 Å². The molecule has 654 valence electrons. The van der Waals surface area contributed by atoms with Crippen LogP contribution in [0.4, 0.5) is 8.78 Å². The van der Waals surface area contributed by atoms with Crippen LogP contribution < -0.4 is 26.6 Å². The Morgan fingerprint density at radius 3 is 1.16 bits per heavy atom. The van der Waals surface area contributed by atoms with E-state index in [2.05, 4.69) is 161 Å². The lowest BCUT2D eigenvalue weighted by atomic mass is 9.82. The first-order chi connectivity index (χ1) is 43.4. The van der Waals surface area contributed by atoms with Gasteiger partial charge in [-0.05, 0) is 211 Å². The van der Waals surface area contributed by atoms with Crippen molar-refractivity contribution in [3.63, 3.8) is 0 Å². The number of carbonyl (C=O) groups excluding carboxylic acids is 1. The van der Waals surface area contributed by atoms with Crippen LogP contribution in [0, 0.1) is 28.1 Å². The summed E-state index contributed by atoms with van der Waals surface area (Å²) in [4.78, 5) is 13.7. The van der Waals surface area contributed by atoms with E-state index >= 15 is 0 Å². The molecule has 1 aromatic rings. The zero-order valence-corrected chi connectivity index (χ0v) is 67.3. The minimum atomic E-state index is -2.25. The van der Waals surface area contributed by atoms with Crippen LogP contribution in [-0.2, 0) is 19.0 Å². The predicted octanol–water partition coefficient (Wildman–Crippen LogP) is 16.7. The number of unbranched alkanes of at least 4 members (excludes halogenated alkanes) is 1. The van der Waals surface area contributed by atoms with E-state index in [1.54, 1.807) is 14.0 Å². The third kappa shape index (κ3) is 120. The fourth-order valence-electron chi connectivity index (χ4n) is 8.06. The number of halogens is 2. The highest BCUT2D eigenvalue weighted by Crippen LogP contribution is 2.28. The van der Waals surface area contributed by atoms with Crippen LogP contribution in [0.15, 0.2) is 30.3 Å². The summed E-state index contributed by atoms with van der Waals surface area (Å²) in [5, 5.41) is 96.4. The van der Waals surface area contributed by atoms with E-state index in [0.717, 1.165) is 90.2 Å². The van der Waals surface area contributed by atoms with Gasteiger partial charge in [0.25, 0.3) is 6.43 Å². The van der Waals surface area contributed by atoms with E-state index in [-0.39, 0.29) is 168 Å². The van der Waals surface area contributed by atoms with Gasteiger partial charge in [-0.25, -0.2) is 8.78 Å². The molecule has 0 amide bonds. The highest BCUT2D eigenvalue weighted by Gasteiger charge is 2.30. The lowest BCUT2D eigenvalue weighted by molar-refractivity contribution is -0.150. The van der Waals surface area contributed by atoms with Crippen LogP contribution in [0.3, 0.4) is 0 Å². The van der Waals surface area contributed by atoms with Crippen molar-refractivity contribution in [2.24, 2.45) is 28.1 Å². The molecule has 0 aromatic heterocycles. The second kappa shape index (κ2) is 75.9. The van der Waals surface area contributed by atoms with Crippen molar-refractivity contribution in [2.45, 2.75) is 370 Å². The number of nitrogens with one attached hydrogen (secondary N) is 5. The van der Waals surface area contributed by atoms with Gasteiger partial charge in [0.05, 0.1) is 77.0 Å². The molecule has 21 heteroatoms. The lowest BCUT2D eigenvalue weighted by Gasteiger charge is -2.38. The van der Waals surface area contributed by atoms with Crippen molar-refractivity contribution in [1.82, 2.24) is 31.5 Å². The number of nitrogens with zero attached hydrogens (tertiary/aromatic N) is 1. The van der Waals surface area contributed by atoms with Crippen LogP contribution >= 0.6 is 0 Å². The van der Waals surface area contributed by atoms with Crippen molar-refractivity contribution >= 4 is 5.97 Å². The molecule has 14 N–H and O–H groups in total. The second-order valence-electron chi connectivity index (χ2n) is 34.4. The molecule has 1 aliphatic heterocycles. The molecule has 1 fully saturated rings. The van der Waals surface area contributed by atoms with Gasteiger partial charge >= 0.3 is 5.97 Å². The van der Waals surface area contributed by atoms with Crippen molar-refractivity contribution < 1.29 is 73.7 Å². The Hall–Kier alpha value is -2.13. The van der Waals surface area contributed by atoms with Gasteiger partial charge < -0.3 is 86.8 Å². The molecule has 5 atom stereocenters. The first-order valence-electron chi connectivity index (χ1n) is 35.1. The highest BCUT2D eigenvalue weighted by molar-refractivity contribution is 5.72. The smallest absolute Gasteiger partial charge is 0.311 e. The first-order valence-corrected chi connectivity index (χ1v) is 35.1. The number of alkyl halides is 2. The van der Waals surface area contributed by atoms with Crippen LogP contribution in [0.2, 0.25) is 0 Å². The number of ether oxygens (including phenoxy) is 3. The number of methoxy groups -OCH3 is 2. The van der Waals surface area contributed by atoms with Gasteiger partial charge in [-0.1, -0.05) is 159 Å². The molecule has 0 bridgehead atoms. The van der Waals surface area contributed by atoms with E-state index in [1.165, 1.54) is 7.11 Å². The lowest BCUT2D eigenvalue weighted by Crippen LogP contribution is -2.48. The third-order valence-corrected chi connectivity index (χ3v) is 13.1. The second-order valence-corrected chi connectivity index (χ2v) is 34.4. The number of esters is 1. The van der Waals surface area contributed by atoms with E-state index in [1.807, 2.05) is 92.6 Å². The summed E-state index contributed by atoms with van der Waals surface area (Å²) in [6, 6.07) is 9.03. The van der Waals surface area contributed by atoms with Crippen molar-refractivity contribution in [3.8, 4) is 0 Å². The molecule has 19 nitrogen and oxygen atoms in total. The SMILES string of the molecule is C.C.C.C.C.C.C.C.C.CC(C)(C)CC(CO)CO.CC(C)(C)CCC(O)CO.CC(C)(C)N1CCOCC1.CC(C)(C)NCC(F)F.CC(C)(C)NCCCCO.CC(C)(C)NCCCO.CC(C)(C)N[C@@H](CO)[C@H](O)c1ccccc1.COC(=O)[C@@H](CC(C)(C)C)[C@@H](C)O.COCCNC(C)(C)C. The minimum absolute atomic E-state index is 0. The van der Waals surface area contributed by atoms with Crippen molar-refractivity contribution in [2.75, 3.05) is 113 Å². The van der Waals surface area contributed by atoms with Crippen molar-refractivity contribution in [3.05, 3.63) is 35.9 Å². The molecular formula is C84H196F2N6O13. The van der Waals surface area contributed by atoms with Crippen LogP contribution in [0.25, 0.3) is 0 Å². The fraction of sp³-hybridized carbons (Fsp3) is 0.917. The summed E-state index contributed by atoms with van der Waals surface area (Å²) in [7, 11) is 3.06. The number of rotatable bonds is 25. The van der Waals surface area contributed by atoms with E-state index in [4.69, 9.17) is 40.1 Å². The molecule has 0 aliphatic carbocycles. The van der Waals surface area contributed by atoms with Gasteiger partial charge in [0, 0.05) is 92.3 Å². The van der Waals surface area contributed by atoms with Gasteiger partial charge in [-0.15, -0.1) is 0 Å². The quantitative estimate of drug-likeness (QED) is 0.0320. The Morgan fingerprint density at radius 1 is 0.514 bits per heavy atom. The molecule has 1 aliphatic rings. The summed E-state index contributed by atoms with van der Waals surface area (Å²) in [6.07, 6.45) is 1.86.